The number of sulfonamides is 1. The third-order valence-corrected chi connectivity index (χ3v) is 5.76. The highest BCUT2D eigenvalue weighted by Crippen LogP contribution is 2.22. The minimum absolute atomic E-state index is 0.0552. The second-order valence-electron chi connectivity index (χ2n) is 6.73. The van der Waals surface area contributed by atoms with Crippen LogP contribution in [-0.2, 0) is 24.3 Å². The molecule has 162 valence electrons. The number of ketones is 1. The van der Waals surface area contributed by atoms with Gasteiger partial charge in [-0.2, -0.15) is 0 Å². The van der Waals surface area contributed by atoms with E-state index >= 15 is 0 Å². The molecule has 2 N–H and O–H groups in total. The van der Waals surface area contributed by atoms with Gasteiger partial charge in [-0.15, -0.1) is 0 Å². The summed E-state index contributed by atoms with van der Waals surface area (Å²) < 4.78 is 31.3. The van der Waals surface area contributed by atoms with Crippen molar-refractivity contribution >= 4 is 39.2 Å². The summed E-state index contributed by atoms with van der Waals surface area (Å²) in [6, 6.07) is 12.5. The summed E-state index contributed by atoms with van der Waals surface area (Å²) in [4.78, 5) is 39.8. The Balaban J connectivity index is 1.53. The van der Waals surface area contributed by atoms with Crippen molar-refractivity contribution in [2.24, 2.45) is 4.99 Å². The average molecular weight is 443 g/mol. The number of ether oxygens (including phenoxy) is 1. The highest BCUT2D eigenvalue weighted by atomic mass is 32.2. The second-order valence-corrected chi connectivity index (χ2v) is 8.38. The maximum Gasteiger partial charge on any atom is 0.328 e. The van der Waals surface area contributed by atoms with Crippen LogP contribution in [0.2, 0.25) is 0 Å². The summed E-state index contributed by atoms with van der Waals surface area (Å²) in [5.41, 5.74) is 1.27. The summed E-state index contributed by atoms with van der Waals surface area (Å²) in [6.45, 7) is 0.981. The zero-order valence-electron chi connectivity index (χ0n) is 16.8. The Morgan fingerprint density at radius 1 is 1.06 bits per heavy atom. The Kier molecular flexibility index (Phi) is 6.81. The number of rotatable bonds is 8. The molecular weight excluding hydrogens is 422 g/mol. The molecule has 0 aliphatic carbocycles. The van der Waals surface area contributed by atoms with Crippen LogP contribution in [0.25, 0.3) is 0 Å². The van der Waals surface area contributed by atoms with Crippen molar-refractivity contribution in [3.05, 3.63) is 59.7 Å². The van der Waals surface area contributed by atoms with Gasteiger partial charge in [-0.25, -0.2) is 8.42 Å². The van der Waals surface area contributed by atoms with E-state index in [1.54, 1.807) is 30.3 Å². The van der Waals surface area contributed by atoms with E-state index < -0.39 is 34.9 Å². The van der Waals surface area contributed by atoms with E-state index in [4.69, 9.17) is 4.74 Å². The number of nitrogens with zero attached hydrogens (tertiary/aromatic N) is 1. The van der Waals surface area contributed by atoms with Gasteiger partial charge in [-0.3, -0.25) is 24.1 Å². The lowest BCUT2D eigenvalue weighted by Crippen LogP contribution is -2.24. The van der Waals surface area contributed by atoms with E-state index in [0.717, 1.165) is 6.42 Å². The quantitative estimate of drug-likeness (QED) is 0.473. The number of carbonyl (C=O) groups is 3. The molecule has 0 fully saturated rings. The summed E-state index contributed by atoms with van der Waals surface area (Å²) >= 11 is 0. The number of fused-ring (bicyclic) bond motifs is 1. The molecule has 1 aliphatic heterocycles. The number of carbonyl (C=O) groups excluding carboxylic acids is 3. The molecule has 0 saturated carbocycles. The maximum absolute atomic E-state index is 12.2. The fraction of sp³-hybridized carbons (Fsp3) is 0.238. The van der Waals surface area contributed by atoms with Gasteiger partial charge in [0, 0.05) is 23.2 Å². The standard InChI is InChI=1S/C21H21N3O6S/c1-2-5-19(26)23-15-10-8-14(9-11-15)17(25)13-30-20(27)12-22-21-16-6-3-4-7-18(16)31(28,29)24-21/h3-4,6-11H,2,5,12-13H2,1H3,(H,22,24)(H,23,26). The SMILES string of the molecule is CCCC(=O)Nc1ccc(C(=O)COC(=O)CN=C2NS(=O)(=O)c3ccccc32)cc1. The first-order chi connectivity index (χ1) is 14.8. The van der Waals surface area contributed by atoms with E-state index in [2.05, 4.69) is 15.0 Å². The lowest BCUT2D eigenvalue weighted by molar-refractivity contribution is -0.140. The van der Waals surface area contributed by atoms with Gasteiger partial charge < -0.3 is 10.1 Å². The van der Waals surface area contributed by atoms with Crippen LogP contribution in [0, 0.1) is 0 Å². The van der Waals surface area contributed by atoms with E-state index in [9.17, 15) is 22.8 Å². The molecule has 10 heteroatoms. The van der Waals surface area contributed by atoms with Crippen LogP contribution in [0.5, 0.6) is 0 Å². The van der Waals surface area contributed by atoms with Crippen LogP contribution in [-0.4, -0.2) is 45.1 Å². The van der Waals surface area contributed by atoms with Gasteiger partial charge in [0.05, 0.1) is 4.90 Å². The second kappa shape index (κ2) is 9.52. The number of nitrogens with one attached hydrogen (secondary N) is 2. The number of benzene rings is 2. The molecule has 0 saturated heterocycles. The monoisotopic (exact) mass is 443 g/mol. The smallest absolute Gasteiger partial charge is 0.328 e. The number of aliphatic imine (C=N–C) groups is 1. The summed E-state index contributed by atoms with van der Waals surface area (Å²) in [5.74, 6) is -1.24. The topological polar surface area (TPSA) is 131 Å². The van der Waals surface area contributed by atoms with E-state index in [1.165, 1.54) is 18.2 Å². The number of hydrogen-bond acceptors (Lipinski definition) is 7. The highest BCUT2D eigenvalue weighted by Gasteiger charge is 2.30. The molecule has 31 heavy (non-hydrogen) atoms. The molecule has 2 aromatic carbocycles. The van der Waals surface area contributed by atoms with Crippen molar-refractivity contribution in [2.75, 3.05) is 18.5 Å². The minimum atomic E-state index is -3.69. The van der Waals surface area contributed by atoms with E-state index in [0.29, 0.717) is 23.2 Å². The molecule has 0 unspecified atom stereocenters. The van der Waals surface area contributed by atoms with Gasteiger partial charge in [0.2, 0.25) is 5.91 Å². The number of anilines is 1. The number of hydrogen-bond donors (Lipinski definition) is 2. The van der Waals surface area contributed by atoms with Crippen LogP contribution in [0.1, 0.15) is 35.7 Å². The van der Waals surface area contributed by atoms with Crippen LogP contribution < -0.4 is 10.0 Å². The molecule has 0 spiro atoms. The Hall–Kier alpha value is -3.53. The molecule has 0 atom stereocenters. The van der Waals surface area contributed by atoms with Crippen molar-refractivity contribution in [3.8, 4) is 0 Å². The van der Waals surface area contributed by atoms with Crippen molar-refractivity contribution < 1.29 is 27.5 Å². The summed E-state index contributed by atoms with van der Waals surface area (Å²) in [6.07, 6.45) is 1.14. The number of amides is 1. The van der Waals surface area contributed by atoms with Crippen molar-refractivity contribution in [2.45, 2.75) is 24.7 Å². The highest BCUT2D eigenvalue weighted by molar-refractivity contribution is 7.90. The molecule has 9 nitrogen and oxygen atoms in total. The largest absolute Gasteiger partial charge is 0.456 e. The number of esters is 1. The Labute approximate surface area is 179 Å². The molecule has 0 aromatic heterocycles. The average Bonchev–Trinajstić information content (AvgIpc) is 3.01. The molecule has 2 aromatic rings. The predicted octanol–water partition coefficient (Wildman–Crippen LogP) is 1.89. The molecule has 0 radical (unpaired) electrons. The Morgan fingerprint density at radius 3 is 2.48 bits per heavy atom. The lowest BCUT2D eigenvalue weighted by Gasteiger charge is -2.06. The zero-order chi connectivity index (χ0) is 22.4. The summed E-state index contributed by atoms with van der Waals surface area (Å²) in [5, 5.41) is 2.72. The van der Waals surface area contributed by atoms with Gasteiger partial charge in [0.25, 0.3) is 10.0 Å². The van der Waals surface area contributed by atoms with E-state index in [1.807, 2.05) is 6.92 Å². The fourth-order valence-corrected chi connectivity index (χ4v) is 4.11. The van der Waals surface area contributed by atoms with Crippen molar-refractivity contribution in [1.29, 1.82) is 0 Å². The van der Waals surface area contributed by atoms with Gasteiger partial charge in [0.15, 0.2) is 12.4 Å². The summed E-state index contributed by atoms with van der Waals surface area (Å²) in [7, 11) is -3.69. The number of amidine groups is 1. The molecule has 1 heterocycles. The Bertz CT molecular complexity index is 1140. The molecular formula is C21H21N3O6S. The minimum Gasteiger partial charge on any atom is -0.456 e. The van der Waals surface area contributed by atoms with E-state index in [-0.39, 0.29) is 16.6 Å². The van der Waals surface area contributed by atoms with Gasteiger partial charge in [-0.05, 0) is 42.8 Å². The van der Waals surface area contributed by atoms with Crippen LogP contribution >= 0.6 is 0 Å². The lowest BCUT2D eigenvalue weighted by atomic mass is 10.1. The van der Waals surface area contributed by atoms with Gasteiger partial charge in [-0.1, -0.05) is 19.1 Å². The first-order valence-electron chi connectivity index (χ1n) is 9.55. The van der Waals surface area contributed by atoms with Crippen LogP contribution in [0.15, 0.2) is 58.4 Å². The molecule has 3 rings (SSSR count). The third kappa shape index (κ3) is 5.54. The van der Waals surface area contributed by atoms with Crippen molar-refractivity contribution in [3.63, 3.8) is 0 Å². The van der Waals surface area contributed by atoms with Gasteiger partial charge >= 0.3 is 5.97 Å². The predicted molar refractivity (Wildman–Crippen MR) is 113 cm³/mol. The molecule has 1 amide bonds. The molecule has 0 bridgehead atoms. The fourth-order valence-electron chi connectivity index (χ4n) is 2.86. The first-order valence-corrected chi connectivity index (χ1v) is 11.0. The first kappa shape index (κ1) is 22.2. The third-order valence-electron chi connectivity index (χ3n) is 4.36. The van der Waals surface area contributed by atoms with Crippen LogP contribution in [0.3, 0.4) is 0 Å². The van der Waals surface area contributed by atoms with Crippen molar-refractivity contribution in [1.82, 2.24) is 4.72 Å². The maximum atomic E-state index is 12.2. The zero-order valence-corrected chi connectivity index (χ0v) is 17.6. The number of Topliss-reactive ketones (excluding diaryl/α,β-unsaturated/α-hetero) is 1. The van der Waals surface area contributed by atoms with Gasteiger partial charge in [0.1, 0.15) is 12.4 Å². The molecule has 1 aliphatic rings. The van der Waals surface area contributed by atoms with Crippen LogP contribution in [0.4, 0.5) is 5.69 Å². The normalized spacial score (nSPS) is 15.1. The Morgan fingerprint density at radius 2 is 1.77 bits per heavy atom.